The predicted molar refractivity (Wildman–Crippen MR) is 66.0 cm³/mol. The van der Waals surface area contributed by atoms with E-state index in [1.54, 1.807) is 12.3 Å². The zero-order valence-corrected chi connectivity index (χ0v) is 10.5. The van der Waals surface area contributed by atoms with E-state index in [1.165, 1.54) is 19.3 Å². The maximum absolute atomic E-state index is 11.8. The Balaban J connectivity index is 1.99. The highest BCUT2D eigenvalue weighted by Crippen LogP contribution is 2.25. The van der Waals surface area contributed by atoms with Crippen LogP contribution in [0.4, 0.5) is 5.82 Å². The summed E-state index contributed by atoms with van der Waals surface area (Å²) in [7, 11) is 0. The average Bonchev–Trinajstić information content (AvgIpc) is 2.19. The number of amides is 1. The highest BCUT2D eigenvalue weighted by molar-refractivity contribution is 9.10. The van der Waals surface area contributed by atoms with Crippen LogP contribution < -0.4 is 11.1 Å². The summed E-state index contributed by atoms with van der Waals surface area (Å²) in [5, 5.41) is 2.89. The lowest BCUT2D eigenvalue weighted by Gasteiger charge is -2.25. The Bertz CT molecular complexity index is 404. The van der Waals surface area contributed by atoms with E-state index in [9.17, 15) is 4.79 Å². The quantitative estimate of drug-likeness (QED) is 0.891. The van der Waals surface area contributed by atoms with Gasteiger partial charge in [-0.1, -0.05) is 6.42 Å². The molecule has 0 radical (unpaired) electrons. The molecule has 2 rings (SSSR count). The number of carbonyl (C=O) groups is 1. The van der Waals surface area contributed by atoms with Crippen molar-refractivity contribution in [2.45, 2.75) is 19.3 Å². The van der Waals surface area contributed by atoms with E-state index in [0.717, 1.165) is 11.0 Å². The molecule has 86 valence electrons. The van der Waals surface area contributed by atoms with Gasteiger partial charge in [-0.25, -0.2) is 4.98 Å². The van der Waals surface area contributed by atoms with Gasteiger partial charge in [0.25, 0.3) is 5.91 Å². The normalized spacial score (nSPS) is 15.6. The summed E-state index contributed by atoms with van der Waals surface area (Å²) < 4.78 is 0.760. The lowest BCUT2D eigenvalue weighted by Crippen LogP contribution is -2.32. The van der Waals surface area contributed by atoms with Crippen LogP contribution in [0.2, 0.25) is 0 Å². The van der Waals surface area contributed by atoms with Crippen molar-refractivity contribution in [1.29, 1.82) is 0 Å². The highest BCUT2D eigenvalue weighted by atomic mass is 79.9. The Kier molecular flexibility index (Phi) is 3.43. The van der Waals surface area contributed by atoms with Gasteiger partial charge in [0.15, 0.2) is 0 Å². The number of pyridine rings is 1. The van der Waals surface area contributed by atoms with Crippen LogP contribution in [0.1, 0.15) is 29.6 Å². The first-order valence-electron chi connectivity index (χ1n) is 5.36. The van der Waals surface area contributed by atoms with Gasteiger partial charge in [-0.15, -0.1) is 0 Å². The van der Waals surface area contributed by atoms with Crippen molar-refractivity contribution in [3.05, 3.63) is 22.3 Å². The topological polar surface area (TPSA) is 68.0 Å². The van der Waals surface area contributed by atoms with Crippen LogP contribution in [-0.2, 0) is 0 Å². The Morgan fingerprint density at radius 1 is 1.62 bits per heavy atom. The summed E-state index contributed by atoms with van der Waals surface area (Å²) in [6.07, 6.45) is 5.29. The number of halogens is 1. The zero-order chi connectivity index (χ0) is 11.5. The van der Waals surface area contributed by atoms with Crippen LogP contribution >= 0.6 is 15.9 Å². The Labute approximate surface area is 103 Å². The predicted octanol–water partition coefficient (Wildman–Crippen LogP) is 1.96. The molecule has 1 aliphatic carbocycles. The molecule has 16 heavy (non-hydrogen) atoms. The van der Waals surface area contributed by atoms with Crippen LogP contribution in [0.5, 0.6) is 0 Å². The number of nitrogens with one attached hydrogen (secondary N) is 1. The molecule has 0 unspecified atom stereocenters. The molecule has 1 aromatic rings. The van der Waals surface area contributed by atoms with E-state index in [0.29, 0.717) is 11.5 Å². The van der Waals surface area contributed by atoms with Gasteiger partial charge in [0.05, 0.1) is 5.56 Å². The van der Waals surface area contributed by atoms with Gasteiger partial charge < -0.3 is 11.1 Å². The maximum Gasteiger partial charge on any atom is 0.255 e. The number of nitrogen functional groups attached to an aromatic ring is 1. The third-order valence-corrected chi connectivity index (χ3v) is 3.34. The number of nitrogens with two attached hydrogens (primary N) is 1. The van der Waals surface area contributed by atoms with Crippen molar-refractivity contribution >= 4 is 27.7 Å². The smallest absolute Gasteiger partial charge is 0.255 e. The fourth-order valence-corrected chi connectivity index (χ4v) is 1.99. The molecule has 1 fully saturated rings. The standard InChI is InChI=1S/C11H14BrN3O/c12-8-4-9(10(13)14-6-8)11(16)15-5-7-2-1-3-7/h4,6-7H,1-3,5H2,(H2,13,14)(H,15,16). The van der Waals surface area contributed by atoms with Gasteiger partial charge in [0.1, 0.15) is 5.82 Å². The number of hydrogen-bond acceptors (Lipinski definition) is 3. The fraction of sp³-hybridized carbons (Fsp3) is 0.455. The molecule has 1 heterocycles. The summed E-state index contributed by atoms with van der Waals surface area (Å²) in [5.74, 6) is 0.776. The number of aromatic nitrogens is 1. The molecule has 0 spiro atoms. The van der Waals surface area contributed by atoms with Gasteiger partial charge >= 0.3 is 0 Å². The molecule has 5 heteroatoms. The van der Waals surface area contributed by atoms with E-state index >= 15 is 0 Å². The third-order valence-electron chi connectivity index (χ3n) is 2.91. The minimum Gasteiger partial charge on any atom is -0.383 e. The van der Waals surface area contributed by atoms with Crippen molar-refractivity contribution in [2.75, 3.05) is 12.3 Å². The maximum atomic E-state index is 11.8. The van der Waals surface area contributed by atoms with Crippen LogP contribution in [-0.4, -0.2) is 17.4 Å². The second kappa shape index (κ2) is 4.82. The van der Waals surface area contributed by atoms with Crippen molar-refractivity contribution in [2.24, 2.45) is 5.92 Å². The van der Waals surface area contributed by atoms with Crippen molar-refractivity contribution in [3.63, 3.8) is 0 Å². The summed E-state index contributed by atoms with van der Waals surface area (Å²) >= 11 is 3.27. The van der Waals surface area contributed by atoms with E-state index < -0.39 is 0 Å². The number of hydrogen-bond donors (Lipinski definition) is 2. The number of nitrogens with zero attached hydrogens (tertiary/aromatic N) is 1. The molecule has 3 N–H and O–H groups in total. The largest absolute Gasteiger partial charge is 0.383 e. The molecule has 0 atom stereocenters. The number of anilines is 1. The fourth-order valence-electron chi connectivity index (χ4n) is 1.66. The highest BCUT2D eigenvalue weighted by Gasteiger charge is 2.19. The summed E-state index contributed by atoms with van der Waals surface area (Å²) in [6, 6.07) is 1.69. The minimum absolute atomic E-state index is 0.141. The van der Waals surface area contributed by atoms with E-state index in [4.69, 9.17) is 5.73 Å². The van der Waals surface area contributed by atoms with E-state index in [1.807, 2.05) is 0 Å². The second-order valence-electron chi connectivity index (χ2n) is 4.09. The molecule has 1 amide bonds. The molecule has 0 bridgehead atoms. The first kappa shape index (κ1) is 11.4. The van der Waals surface area contributed by atoms with E-state index in [-0.39, 0.29) is 11.7 Å². The molecule has 1 aliphatic rings. The summed E-state index contributed by atoms with van der Waals surface area (Å²) in [5.41, 5.74) is 6.09. The molecule has 0 saturated heterocycles. The van der Waals surface area contributed by atoms with Crippen LogP contribution in [0.15, 0.2) is 16.7 Å². The lowest BCUT2D eigenvalue weighted by atomic mass is 9.85. The Morgan fingerprint density at radius 3 is 3.00 bits per heavy atom. The summed E-state index contributed by atoms with van der Waals surface area (Å²) in [4.78, 5) is 15.7. The number of carbonyl (C=O) groups excluding carboxylic acids is 1. The molecule has 1 aromatic heterocycles. The van der Waals surface area contributed by atoms with Crippen molar-refractivity contribution in [1.82, 2.24) is 10.3 Å². The van der Waals surface area contributed by atoms with Crippen LogP contribution in [0.25, 0.3) is 0 Å². The average molecular weight is 284 g/mol. The zero-order valence-electron chi connectivity index (χ0n) is 8.87. The van der Waals surface area contributed by atoms with E-state index in [2.05, 4.69) is 26.2 Å². The molecule has 1 saturated carbocycles. The molecular weight excluding hydrogens is 270 g/mol. The minimum atomic E-state index is -0.141. The summed E-state index contributed by atoms with van der Waals surface area (Å²) in [6.45, 7) is 0.741. The van der Waals surface area contributed by atoms with Gasteiger partial charge in [-0.2, -0.15) is 0 Å². The van der Waals surface area contributed by atoms with Gasteiger partial charge in [-0.3, -0.25) is 4.79 Å². The van der Waals surface area contributed by atoms with Crippen molar-refractivity contribution < 1.29 is 4.79 Å². The monoisotopic (exact) mass is 283 g/mol. The molecule has 4 nitrogen and oxygen atoms in total. The molecular formula is C11H14BrN3O. The van der Waals surface area contributed by atoms with Gasteiger partial charge in [0, 0.05) is 17.2 Å². The Morgan fingerprint density at radius 2 is 2.38 bits per heavy atom. The van der Waals surface area contributed by atoms with Gasteiger partial charge in [-0.05, 0) is 40.8 Å². The first-order valence-corrected chi connectivity index (χ1v) is 6.15. The first-order chi connectivity index (χ1) is 7.66. The SMILES string of the molecule is Nc1ncc(Br)cc1C(=O)NCC1CCC1. The van der Waals surface area contributed by atoms with Crippen molar-refractivity contribution in [3.8, 4) is 0 Å². The van der Waals surface area contributed by atoms with Gasteiger partial charge in [0.2, 0.25) is 0 Å². The lowest BCUT2D eigenvalue weighted by molar-refractivity contribution is 0.0939. The third kappa shape index (κ3) is 2.52. The number of rotatable bonds is 3. The second-order valence-corrected chi connectivity index (χ2v) is 5.01. The molecule has 0 aromatic carbocycles. The van der Waals surface area contributed by atoms with Crippen LogP contribution in [0.3, 0.4) is 0 Å². The molecule has 0 aliphatic heterocycles. The van der Waals surface area contributed by atoms with Crippen LogP contribution in [0, 0.1) is 5.92 Å². The Hall–Kier alpha value is -1.10.